The van der Waals surface area contributed by atoms with Gasteiger partial charge in [-0.25, -0.2) is 0 Å². The van der Waals surface area contributed by atoms with Gasteiger partial charge in [0.15, 0.2) is 11.6 Å². The minimum atomic E-state index is 0.265. The molecule has 2 nitrogen and oxygen atoms in total. The van der Waals surface area contributed by atoms with Crippen molar-refractivity contribution in [3.8, 4) is 0 Å². The van der Waals surface area contributed by atoms with E-state index in [0.29, 0.717) is 36.5 Å². The van der Waals surface area contributed by atoms with Gasteiger partial charge in [0, 0.05) is 12.8 Å². The summed E-state index contributed by atoms with van der Waals surface area (Å²) in [4.78, 5) is 23.3. The molecule has 2 heteroatoms. The summed E-state index contributed by atoms with van der Waals surface area (Å²) in [6.07, 6.45) is 12.0. The molecule has 0 aromatic rings. The van der Waals surface area contributed by atoms with Crippen LogP contribution in [0.3, 0.4) is 0 Å². The normalized spacial score (nSPS) is 33.6. The summed E-state index contributed by atoms with van der Waals surface area (Å²) in [6, 6.07) is 0. The lowest BCUT2D eigenvalue weighted by Crippen LogP contribution is -2.21. The van der Waals surface area contributed by atoms with Gasteiger partial charge in [0.2, 0.25) is 0 Å². The average Bonchev–Trinajstić information content (AvgIpc) is 2.89. The monoisotopic (exact) mass is 260 g/mol. The summed E-state index contributed by atoms with van der Waals surface area (Å²) in [5.74, 6) is 3.04. The second kappa shape index (κ2) is 6.31. The maximum absolute atomic E-state index is 11.7. The number of fused-ring (bicyclic) bond motifs is 2. The van der Waals surface area contributed by atoms with Crippen LogP contribution >= 0.6 is 0 Å². The standard InChI is InChI=1S/C17H24O2/c1-3-5-16(18)10-14-8-13-7-12(14)9-15(13)11-17(19)6-4-2/h3-6,12-15H,7-11H2,1-2H3/b5-3+,6-4+. The zero-order valence-corrected chi connectivity index (χ0v) is 12.0. The molecular formula is C17H24O2. The van der Waals surface area contributed by atoms with Gasteiger partial charge in [-0.3, -0.25) is 9.59 Å². The number of hydrogen-bond acceptors (Lipinski definition) is 2. The molecule has 0 aromatic heterocycles. The van der Waals surface area contributed by atoms with Crippen molar-refractivity contribution >= 4 is 11.6 Å². The topological polar surface area (TPSA) is 34.1 Å². The molecule has 0 spiro atoms. The zero-order chi connectivity index (χ0) is 13.8. The van der Waals surface area contributed by atoms with Crippen molar-refractivity contribution in [3.05, 3.63) is 24.3 Å². The molecule has 2 bridgehead atoms. The van der Waals surface area contributed by atoms with Crippen molar-refractivity contribution in [2.45, 2.75) is 46.0 Å². The van der Waals surface area contributed by atoms with Crippen molar-refractivity contribution < 1.29 is 9.59 Å². The quantitative estimate of drug-likeness (QED) is 0.682. The number of allylic oxidation sites excluding steroid dienone is 4. The molecule has 2 rings (SSSR count). The van der Waals surface area contributed by atoms with Crippen LogP contribution in [0.2, 0.25) is 0 Å². The molecule has 104 valence electrons. The van der Waals surface area contributed by atoms with E-state index in [9.17, 15) is 9.59 Å². The minimum absolute atomic E-state index is 0.265. The van der Waals surface area contributed by atoms with E-state index in [1.807, 2.05) is 26.0 Å². The Balaban J connectivity index is 1.83. The lowest BCUT2D eigenvalue weighted by Gasteiger charge is -2.26. The molecule has 0 aromatic carbocycles. The van der Waals surface area contributed by atoms with Crippen molar-refractivity contribution in [2.75, 3.05) is 0 Å². The molecule has 4 unspecified atom stereocenters. The van der Waals surface area contributed by atoms with Gasteiger partial charge in [0.25, 0.3) is 0 Å². The van der Waals surface area contributed by atoms with Gasteiger partial charge in [-0.1, -0.05) is 12.2 Å². The van der Waals surface area contributed by atoms with Gasteiger partial charge < -0.3 is 0 Å². The van der Waals surface area contributed by atoms with E-state index in [4.69, 9.17) is 0 Å². The van der Waals surface area contributed by atoms with Gasteiger partial charge in [-0.05, 0) is 68.9 Å². The molecule has 0 radical (unpaired) electrons. The van der Waals surface area contributed by atoms with E-state index >= 15 is 0 Å². The van der Waals surface area contributed by atoms with E-state index in [-0.39, 0.29) is 11.6 Å². The van der Waals surface area contributed by atoms with Crippen molar-refractivity contribution in [2.24, 2.45) is 23.7 Å². The van der Waals surface area contributed by atoms with Gasteiger partial charge in [-0.15, -0.1) is 0 Å². The maximum Gasteiger partial charge on any atom is 0.155 e. The van der Waals surface area contributed by atoms with Crippen LogP contribution in [0.5, 0.6) is 0 Å². The van der Waals surface area contributed by atoms with Gasteiger partial charge in [-0.2, -0.15) is 0 Å². The van der Waals surface area contributed by atoms with Crippen LogP contribution in [0.1, 0.15) is 46.0 Å². The van der Waals surface area contributed by atoms with Crippen LogP contribution < -0.4 is 0 Å². The first-order chi connectivity index (χ1) is 9.13. The van der Waals surface area contributed by atoms with Crippen LogP contribution in [0, 0.1) is 23.7 Å². The van der Waals surface area contributed by atoms with Crippen molar-refractivity contribution in [1.29, 1.82) is 0 Å². The number of ketones is 2. The van der Waals surface area contributed by atoms with E-state index in [2.05, 4.69) is 0 Å². The smallest absolute Gasteiger partial charge is 0.155 e. The average molecular weight is 260 g/mol. The third-order valence-corrected chi connectivity index (χ3v) is 4.78. The highest BCUT2D eigenvalue weighted by Gasteiger charge is 2.45. The first-order valence-electron chi connectivity index (χ1n) is 7.45. The molecule has 0 heterocycles. The number of hydrogen-bond donors (Lipinski definition) is 0. The third kappa shape index (κ3) is 3.43. The summed E-state index contributed by atoms with van der Waals surface area (Å²) >= 11 is 0. The molecule has 0 aliphatic heterocycles. The lowest BCUT2D eigenvalue weighted by atomic mass is 9.78. The number of carbonyl (C=O) groups is 2. The summed E-state index contributed by atoms with van der Waals surface area (Å²) in [5.41, 5.74) is 0. The molecule has 2 aliphatic rings. The number of rotatable bonds is 6. The highest BCUT2D eigenvalue weighted by molar-refractivity contribution is 5.90. The summed E-state index contributed by atoms with van der Waals surface area (Å²) in [5, 5.41) is 0. The molecule has 0 amide bonds. The van der Waals surface area contributed by atoms with Gasteiger partial charge in [0.05, 0.1) is 0 Å². The summed E-state index contributed by atoms with van der Waals surface area (Å²) < 4.78 is 0. The molecule has 0 N–H and O–H groups in total. The largest absolute Gasteiger partial charge is 0.295 e. The second-order valence-electron chi connectivity index (χ2n) is 6.09. The summed E-state index contributed by atoms with van der Waals surface area (Å²) in [7, 11) is 0. The van der Waals surface area contributed by atoms with E-state index < -0.39 is 0 Å². The Bertz CT molecular complexity index is 367. The Morgan fingerprint density at radius 2 is 1.26 bits per heavy atom. The molecule has 0 saturated heterocycles. The van der Waals surface area contributed by atoms with Crippen molar-refractivity contribution in [1.82, 2.24) is 0 Å². The molecule has 19 heavy (non-hydrogen) atoms. The minimum Gasteiger partial charge on any atom is -0.295 e. The SMILES string of the molecule is C/C=C/C(=O)CC1CC2CC1CC2CC(=O)/C=C/C. The fourth-order valence-corrected chi connectivity index (χ4v) is 4.04. The first-order valence-corrected chi connectivity index (χ1v) is 7.45. The Morgan fingerprint density at radius 1 is 0.842 bits per heavy atom. The maximum atomic E-state index is 11.7. The highest BCUT2D eigenvalue weighted by Crippen LogP contribution is 2.54. The van der Waals surface area contributed by atoms with Crippen LogP contribution in [0.25, 0.3) is 0 Å². The van der Waals surface area contributed by atoms with Crippen LogP contribution in [-0.2, 0) is 9.59 Å². The van der Waals surface area contributed by atoms with Crippen LogP contribution in [0.15, 0.2) is 24.3 Å². The fraction of sp³-hybridized carbons (Fsp3) is 0.647. The van der Waals surface area contributed by atoms with Gasteiger partial charge >= 0.3 is 0 Å². The Labute approximate surface area is 116 Å². The predicted molar refractivity (Wildman–Crippen MR) is 76.7 cm³/mol. The highest BCUT2D eigenvalue weighted by atomic mass is 16.1. The van der Waals surface area contributed by atoms with E-state index in [1.165, 1.54) is 6.42 Å². The molecule has 2 saturated carbocycles. The summed E-state index contributed by atoms with van der Waals surface area (Å²) in [6.45, 7) is 3.78. The Hall–Kier alpha value is -1.18. The predicted octanol–water partition coefficient (Wildman–Crippen LogP) is 3.72. The fourth-order valence-electron chi connectivity index (χ4n) is 4.04. The molecule has 4 atom stereocenters. The van der Waals surface area contributed by atoms with Crippen LogP contribution in [0.4, 0.5) is 0 Å². The second-order valence-corrected chi connectivity index (χ2v) is 6.09. The Kier molecular flexibility index (Phi) is 4.73. The van der Waals surface area contributed by atoms with Crippen LogP contribution in [-0.4, -0.2) is 11.6 Å². The molecular weight excluding hydrogens is 236 g/mol. The molecule has 2 fully saturated rings. The van der Waals surface area contributed by atoms with E-state index in [0.717, 1.165) is 12.8 Å². The third-order valence-electron chi connectivity index (χ3n) is 4.78. The van der Waals surface area contributed by atoms with E-state index in [1.54, 1.807) is 12.2 Å². The zero-order valence-electron chi connectivity index (χ0n) is 12.0. The first kappa shape index (κ1) is 14.2. The van der Waals surface area contributed by atoms with Crippen molar-refractivity contribution in [3.63, 3.8) is 0 Å². The number of carbonyl (C=O) groups excluding carboxylic acids is 2. The van der Waals surface area contributed by atoms with Gasteiger partial charge in [0.1, 0.15) is 0 Å². The Morgan fingerprint density at radius 3 is 1.58 bits per heavy atom. The molecule has 2 aliphatic carbocycles. The lowest BCUT2D eigenvalue weighted by molar-refractivity contribution is -0.117.